The third kappa shape index (κ3) is 1.33. The SMILES string of the molecule is CC1=CNC([C@@H]2CCCN2)N1. The minimum Gasteiger partial charge on any atom is -0.369 e. The molecule has 0 spiro atoms. The first-order valence-corrected chi connectivity index (χ1v) is 4.29. The van der Waals surface area contributed by atoms with Gasteiger partial charge in [-0.25, -0.2) is 0 Å². The lowest BCUT2D eigenvalue weighted by Crippen LogP contribution is -2.47. The summed E-state index contributed by atoms with van der Waals surface area (Å²) in [5.41, 5.74) is 1.24. The van der Waals surface area contributed by atoms with Crippen molar-refractivity contribution in [1.82, 2.24) is 16.0 Å². The fourth-order valence-electron chi connectivity index (χ4n) is 1.76. The molecule has 2 atom stereocenters. The fourth-order valence-corrected chi connectivity index (χ4v) is 1.76. The van der Waals surface area contributed by atoms with Gasteiger partial charge in [-0.15, -0.1) is 0 Å². The first-order chi connectivity index (χ1) is 5.36. The molecule has 3 N–H and O–H groups in total. The zero-order valence-electron chi connectivity index (χ0n) is 6.85. The lowest BCUT2D eigenvalue weighted by atomic mass is 10.2. The summed E-state index contributed by atoms with van der Waals surface area (Å²) in [4.78, 5) is 0. The molecule has 3 nitrogen and oxygen atoms in total. The predicted molar refractivity (Wildman–Crippen MR) is 44.8 cm³/mol. The number of allylic oxidation sites excluding steroid dienone is 1. The summed E-state index contributed by atoms with van der Waals surface area (Å²) in [7, 11) is 0. The van der Waals surface area contributed by atoms with Gasteiger partial charge in [0.25, 0.3) is 0 Å². The maximum atomic E-state index is 3.46. The summed E-state index contributed by atoms with van der Waals surface area (Å²) >= 11 is 0. The maximum absolute atomic E-state index is 3.46. The van der Waals surface area contributed by atoms with Crippen LogP contribution in [0.15, 0.2) is 11.9 Å². The molecule has 1 fully saturated rings. The standard InChI is InChI=1S/C8H15N3/c1-6-5-10-8(11-6)7-3-2-4-9-7/h5,7-11H,2-4H2,1H3/t7-,8?/m0/s1. The van der Waals surface area contributed by atoms with Gasteiger partial charge >= 0.3 is 0 Å². The van der Waals surface area contributed by atoms with Gasteiger partial charge in [0.15, 0.2) is 0 Å². The van der Waals surface area contributed by atoms with Crippen LogP contribution in [0.2, 0.25) is 0 Å². The Labute approximate surface area is 67.2 Å². The number of hydrogen-bond donors (Lipinski definition) is 3. The smallest absolute Gasteiger partial charge is 0.112 e. The zero-order chi connectivity index (χ0) is 7.68. The topological polar surface area (TPSA) is 36.1 Å². The van der Waals surface area contributed by atoms with E-state index in [0.29, 0.717) is 12.2 Å². The summed E-state index contributed by atoms with van der Waals surface area (Å²) in [6.07, 6.45) is 5.07. The third-order valence-corrected chi connectivity index (χ3v) is 2.36. The third-order valence-electron chi connectivity index (χ3n) is 2.36. The Bertz CT molecular complexity index is 170. The Morgan fingerprint density at radius 1 is 1.55 bits per heavy atom. The van der Waals surface area contributed by atoms with E-state index in [4.69, 9.17) is 0 Å². The highest BCUT2D eigenvalue weighted by Gasteiger charge is 2.25. The van der Waals surface area contributed by atoms with Gasteiger partial charge in [0.05, 0.1) is 0 Å². The van der Waals surface area contributed by atoms with Crippen LogP contribution >= 0.6 is 0 Å². The number of nitrogens with one attached hydrogen (secondary N) is 3. The van der Waals surface area contributed by atoms with E-state index in [1.807, 2.05) is 6.20 Å². The van der Waals surface area contributed by atoms with Crippen LogP contribution in [0.4, 0.5) is 0 Å². The van der Waals surface area contributed by atoms with Gasteiger partial charge in [-0.2, -0.15) is 0 Å². The summed E-state index contributed by atoms with van der Waals surface area (Å²) in [6.45, 7) is 3.26. The van der Waals surface area contributed by atoms with Gasteiger partial charge < -0.3 is 16.0 Å². The summed E-state index contributed by atoms with van der Waals surface area (Å²) in [6, 6.07) is 0.615. The highest BCUT2D eigenvalue weighted by atomic mass is 15.2. The molecule has 1 saturated heterocycles. The van der Waals surface area contributed by atoms with Crippen molar-refractivity contribution in [2.75, 3.05) is 6.54 Å². The van der Waals surface area contributed by atoms with Crippen molar-refractivity contribution in [3.8, 4) is 0 Å². The Morgan fingerprint density at radius 3 is 3.00 bits per heavy atom. The van der Waals surface area contributed by atoms with Crippen LogP contribution in [0.1, 0.15) is 19.8 Å². The number of hydrogen-bond acceptors (Lipinski definition) is 3. The second kappa shape index (κ2) is 2.74. The van der Waals surface area contributed by atoms with Crippen molar-refractivity contribution in [3.05, 3.63) is 11.9 Å². The normalized spacial score (nSPS) is 36.3. The molecule has 0 aromatic carbocycles. The van der Waals surface area contributed by atoms with Crippen molar-refractivity contribution >= 4 is 0 Å². The molecule has 11 heavy (non-hydrogen) atoms. The maximum Gasteiger partial charge on any atom is 0.112 e. The monoisotopic (exact) mass is 153 g/mol. The van der Waals surface area contributed by atoms with Crippen LogP contribution in [0.3, 0.4) is 0 Å². The highest BCUT2D eigenvalue weighted by molar-refractivity contribution is 5.06. The van der Waals surface area contributed by atoms with Gasteiger partial charge in [-0.3, -0.25) is 0 Å². The average Bonchev–Trinajstić information content (AvgIpc) is 2.55. The molecular weight excluding hydrogens is 138 g/mol. The molecule has 0 aliphatic carbocycles. The Balaban J connectivity index is 1.88. The van der Waals surface area contributed by atoms with E-state index in [9.17, 15) is 0 Å². The van der Waals surface area contributed by atoms with Crippen molar-refractivity contribution in [2.24, 2.45) is 0 Å². The lowest BCUT2D eigenvalue weighted by Gasteiger charge is -2.20. The highest BCUT2D eigenvalue weighted by Crippen LogP contribution is 2.11. The summed E-state index contributed by atoms with van der Waals surface area (Å²) in [5.74, 6) is 0. The molecule has 0 saturated carbocycles. The molecule has 3 heteroatoms. The summed E-state index contributed by atoms with van der Waals surface area (Å²) < 4.78 is 0. The molecule has 0 aromatic rings. The van der Waals surface area contributed by atoms with Crippen LogP contribution < -0.4 is 16.0 Å². The average molecular weight is 153 g/mol. The van der Waals surface area contributed by atoms with Crippen molar-refractivity contribution in [3.63, 3.8) is 0 Å². The van der Waals surface area contributed by atoms with Crippen LogP contribution in [-0.2, 0) is 0 Å². The van der Waals surface area contributed by atoms with Gasteiger partial charge in [0.1, 0.15) is 6.17 Å². The second-order valence-electron chi connectivity index (χ2n) is 3.32. The van der Waals surface area contributed by atoms with Gasteiger partial charge in [0, 0.05) is 17.9 Å². The molecular formula is C8H15N3. The molecule has 0 bridgehead atoms. The van der Waals surface area contributed by atoms with E-state index in [2.05, 4.69) is 22.9 Å². The van der Waals surface area contributed by atoms with E-state index in [1.54, 1.807) is 0 Å². The van der Waals surface area contributed by atoms with E-state index in [-0.39, 0.29) is 0 Å². The Hall–Kier alpha value is -0.700. The minimum atomic E-state index is 0.428. The molecule has 62 valence electrons. The Morgan fingerprint density at radius 2 is 2.45 bits per heavy atom. The van der Waals surface area contributed by atoms with Crippen molar-refractivity contribution < 1.29 is 0 Å². The van der Waals surface area contributed by atoms with E-state index < -0.39 is 0 Å². The van der Waals surface area contributed by atoms with Gasteiger partial charge in [-0.1, -0.05) is 0 Å². The van der Waals surface area contributed by atoms with Crippen molar-refractivity contribution in [2.45, 2.75) is 32.0 Å². The van der Waals surface area contributed by atoms with Crippen LogP contribution in [0.5, 0.6) is 0 Å². The summed E-state index contributed by atoms with van der Waals surface area (Å²) in [5, 5.41) is 10.2. The molecule has 0 radical (unpaired) electrons. The first-order valence-electron chi connectivity index (χ1n) is 4.29. The van der Waals surface area contributed by atoms with E-state index in [0.717, 1.165) is 0 Å². The minimum absolute atomic E-state index is 0.428. The predicted octanol–water partition coefficient (Wildman–Crippen LogP) is 0.119. The first kappa shape index (κ1) is 6.98. The molecule has 1 unspecified atom stereocenters. The van der Waals surface area contributed by atoms with Gasteiger partial charge in [0.2, 0.25) is 0 Å². The van der Waals surface area contributed by atoms with Gasteiger partial charge in [-0.05, 0) is 26.3 Å². The van der Waals surface area contributed by atoms with Crippen LogP contribution in [-0.4, -0.2) is 18.8 Å². The largest absolute Gasteiger partial charge is 0.369 e. The molecule has 2 aliphatic heterocycles. The van der Waals surface area contributed by atoms with Crippen LogP contribution in [0, 0.1) is 0 Å². The molecule has 0 aromatic heterocycles. The van der Waals surface area contributed by atoms with Crippen LogP contribution in [0.25, 0.3) is 0 Å². The molecule has 2 aliphatic rings. The molecule has 2 rings (SSSR count). The van der Waals surface area contributed by atoms with E-state index >= 15 is 0 Å². The molecule has 0 amide bonds. The lowest BCUT2D eigenvalue weighted by molar-refractivity contribution is 0.421. The Kier molecular flexibility index (Phi) is 1.74. The van der Waals surface area contributed by atoms with Crippen molar-refractivity contribution in [1.29, 1.82) is 0 Å². The zero-order valence-corrected chi connectivity index (χ0v) is 6.85. The second-order valence-corrected chi connectivity index (χ2v) is 3.32. The quantitative estimate of drug-likeness (QED) is 0.501. The fraction of sp³-hybridized carbons (Fsp3) is 0.750. The molecule has 2 heterocycles. The number of rotatable bonds is 1. The van der Waals surface area contributed by atoms with E-state index in [1.165, 1.54) is 25.1 Å².